The van der Waals surface area contributed by atoms with Crippen LogP contribution in [-0.2, 0) is 23.9 Å². The summed E-state index contributed by atoms with van der Waals surface area (Å²) in [5, 5.41) is 0. The van der Waals surface area contributed by atoms with Crippen molar-refractivity contribution in [2.24, 2.45) is 0 Å². The minimum absolute atomic E-state index is 0.00439. The number of carbonyl (C=O) groups is 3. The molecule has 0 aromatic rings. The van der Waals surface area contributed by atoms with E-state index in [1.165, 1.54) is 19.1 Å². The van der Waals surface area contributed by atoms with Gasteiger partial charge in [-0.05, 0) is 33.3 Å². The third-order valence-electron chi connectivity index (χ3n) is 2.15. The van der Waals surface area contributed by atoms with Gasteiger partial charge in [-0.15, -0.1) is 0 Å². The van der Waals surface area contributed by atoms with Crippen LogP contribution in [-0.4, -0.2) is 30.4 Å². The van der Waals surface area contributed by atoms with E-state index in [0.29, 0.717) is 12.9 Å². The van der Waals surface area contributed by atoms with Gasteiger partial charge in [0.25, 0.3) is 6.47 Å². The number of ketones is 1. The van der Waals surface area contributed by atoms with E-state index in [4.69, 9.17) is 9.47 Å². The van der Waals surface area contributed by atoms with Crippen molar-refractivity contribution in [3.63, 3.8) is 0 Å². The summed E-state index contributed by atoms with van der Waals surface area (Å²) in [5.41, 5.74) is -0.958. The third-order valence-corrected chi connectivity index (χ3v) is 2.15. The molecule has 5 heteroatoms. The normalized spacial score (nSPS) is 14.1. The summed E-state index contributed by atoms with van der Waals surface area (Å²) in [6, 6.07) is 0. The molecule has 0 bridgehead atoms. The lowest BCUT2D eigenvalue weighted by molar-refractivity contribution is -0.140. The van der Waals surface area contributed by atoms with Gasteiger partial charge in [-0.25, -0.2) is 4.79 Å². The maximum absolute atomic E-state index is 11.1. The highest BCUT2D eigenvalue weighted by Gasteiger charge is 2.23. The van der Waals surface area contributed by atoms with Crippen molar-refractivity contribution in [2.45, 2.75) is 39.2 Å². The molecule has 0 saturated heterocycles. The van der Waals surface area contributed by atoms with E-state index in [1.807, 2.05) is 0 Å². The summed E-state index contributed by atoms with van der Waals surface area (Å²) in [5.74, 6) is -0.508. The molecule has 0 aliphatic carbocycles. The molecule has 0 heterocycles. The van der Waals surface area contributed by atoms with Gasteiger partial charge in [0.2, 0.25) is 0 Å². The van der Waals surface area contributed by atoms with Crippen LogP contribution in [0.2, 0.25) is 0 Å². The predicted molar refractivity (Wildman–Crippen MR) is 61.2 cm³/mol. The zero-order valence-electron chi connectivity index (χ0n) is 10.4. The molecule has 0 amide bonds. The monoisotopic (exact) mass is 242 g/mol. The molecule has 1 unspecified atom stereocenters. The molecule has 0 radical (unpaired) electrons. The largest absolute Gasteiger partial charge is 0.463 e. The van der Waals surface area contributed by atoms with Crippen LogP contribution in [0.1, 0.15) is 33.6 Å². The van der Waals surface area contributed by atoms with E-state index in [9.17, 15) is 14.4 Å². The minimum atomic E-state index is -0.958. The molecule has 0 N–H and O–H groups in total. The molecule has 0 aliphatic rings. The van der Waals surface area contributed by atoms with Gasteiger partial charge in [-0.2, -0.15) is 0 Å². The molecule has 0 rings (SSSR count). The van der Waals surface area contributed by atoms with Crippen LogP contribution in [0.25, 0.3) is 0 Å². The SMILES string of the molecule is CCOC(=O)/C=C/C(C)(CCC(C)=O)OC=O. The summed E-state index contributed by atoms with van der Waals surface area (Å²) in [6.45, 7) is 5.36. The second kappa shape index (κ2) is 7.60. The van der Waals surface area contributed by atoms with Crippen LogP contribution in [0.4, 0.5) is 0 Å². The topological polar surface area (TPSA) is 69.7 Å². The third kappa shape index (κ3) is 7.27. The van der Waals surface area contributed by atoms with Crippen LogP contribution in [0.5, 0.6) is 0 Å². The average molecular weight is 242 g/mol. The lowest BCUT2D eigenvalue weighted by Gasteiger charge is -2.23. The van der Waals surface area contributed by atoms with Gasteiger partial charge >= 0.3 is 5.97 Å². The summed E-state index contributed by atoms with van der Waals surface area (Å²) >= 11 is 0. The smallest absolute Gasteiger partial charge is 0.330 e. The number of rotatable bonds is 8. The Kier molecular flexibility index (Phi) is 6.86. The van der Waals surface area contributed by atoms with Crippen LogP contribution < -0.4 is 0 Å². The van der Waals surface area contributed by atoms with Gasteiger partial charge in [-0.1, -0.05) is 0 Å². The predicted octanol–water partition coefficient (Wildman–Crippen LogP) is 1.41. The highest BCUT2D eigenvalue weighted by Crippen LogP contribution is 2.19. The molecule has 0 fully saturated rings. The standard InChI is InChI=1S/C12H18O5/c1-4-16-11(15)6-8-12(3,17-9-13)7-5-10(2)14/h6,8-9H,4-5,7H2,1-3H3/b8-6+. The van der Waals surface area contributed by atoms with Crippen molar-refractivity contribution in [1.29, 1.82) is 0 Å². The Morgan fingerprint density at radius 1 is 1.35 bits per heavy atom. The van der Waals surface area contributed by atoms with Crippen molar-refractivity contribution in [3.8, 4) is 0 Å². The zero-order valence-corrected chi connectivity index (χ0v) is 10.4. The number of carbonyl (C=O) groups excluding carboxylic acids is 3. The molecular weight excluding hydrogens is 224 g/mol. The maximum atomic E-state index is 11.1. The van der Waals surface area contributed by atoms with E-state index >= 15 is 0 Å². The molecule has 0 aliphatic heterocycles. The van der Waals surface area contributed by atoms with Crippen molar-refractivity contribution in [3.05, 3.63) is 12.2 Å². The summed E-state index contributed by atoms with van der Waals surface area (Å²) < 4.78 is 9.59. The average Bonchev–Trinajstić information content (AvgIpc) is 2.25. The molecule has 96 valence electrons. The Hall–Kier alpha value is -1.65. The van der Waals surface area contributed by atoms with Crippen LogP contribution >= 0.6 is 0 Å². The van der Waals surface area contributed by atoms with Gasteiger partial charge in [0.15, 0.2) is 0 Å². The molecule has 1 atom stereocenters. The number of esters is 1. The van der Waals surface area contributed by atoms with Gasteiger partial charge in [0.05, 0.1) is 6.61 Å². The van der Waals surface area contributed by atoms with Gasteiger partial charge in [-0.3, -0.25) is 4.79 Å². The molecule has 0 spiro atoms. The van der Waals surface area contributed by atoms with Gasteiger partial charge < -0.3 is 14.3 Å². The molecular formula is C12H18O5. The second-order valence-corrected chi connectivity index (χ2v) is 3.81. The fourth-order valence-electron chi connectivity index (χ4n) is 1.15. The lowest BCUT2D eigenvalue weighted by atomic mass is 9.98. The number of ether oxygens (including phenoxy) is 2. The first-order chi connectivity index (χ1) is 7.93. The van der Waals surface area contributed by atoms with E-state index in [2.05, 4.69) is 0 Å². The maximum Gasteiger partial charge on any atom is 0.330 e. The van der Waals surface area contributed by atoms with Crippen LogP contribution in [0.15, 0.2) is 12.2 Å². The van der Waals surface area contributed by atoms with Crippen LogP contribution in [0.3, 0.4) is 0 Å². The summed E-state index contributed by atoms with van der Waals surface area (Å²) in [6.07, 6.45) is 3.24. The summed E-state index contributed by atoms with van der Waals surface area (Å²) in [4.78, 5) is 32.4. The zero-order chi connectivity index (χ0) is 13.3. The number of Topliss-reactive ketones (excluding diaryl/α,β-unsaturated/α-hetero) is 1. The summed E-state index contributed by atoms with van der Waals surface area (Å²) in [7, 11) is 0. The minimum Gasteiger partial charge on any atom is -0.463 e. The van der Waals surface area contributed by atoms with E-state index < -0.39 is 11.6 Å². The van der Waals surface area contributed by atoms with Crippen molar-refractivity contribution < 1.29 is 23.9 Å². The first kappa shape index (κ1) is 15.3. The quantitative estimate of drug-likeness (QED) is 0.365. The molecule has 0 aromatic heterocycles. The van der Waals surface area contributed by atoms with Crippen molar-refractivity contribution in [1.82, 2.24) is 0 Å². The highest BCUT2D eigenvalue weighted by atomic mass is 16.5. The Bertz CT molecular complexity index is 308. The fourth-order valence-corrected chi connectivity index (χ4v) is 1.15. The van der Waals surface area contributed by atoms with Gasteiger partial charge in [0.1, 0.15) is 11.4 Å². The first-order valence-electron chi connectivity index (χ1n) is 5.40. The Balaban J connectivity index is 4.53. The van der Waals surface area contributed by atoms with Crippen molar-refractivity contribution in [2.75, 3.05) is 6.61 Å². The Morgan fingerprint density at radius 3 is 2.47 bits per heavy atom. The second-order valence-electron chi connectivity index (χ2n) is 3.81. The first-order valence-corrected chi connectivity index (χ1v) is 5.40. The van der Waals surface area contributed by atoms with E-state index in [0.717, 1.165) is 0 Å². The molecule has 0 aromatic carbocycles. The Labute approximate surface area is 101 Å². The molecule has 5 nitrogen and oxygen atoms in total. The van der Waals surface area contributed by atoms with E-state index in [-0.39, 0.29) is 18.8 Å². The molecule has 17 heavy (non-hydrogen) atoms. The van der Waals surface area contributed by atoms with E-state index in [1.54, 1.807) is 13.8 Å². The number of hydrogen-bond acceptors (Lipinski definition) is 5. The van der Waals surface area contributed by atoms with Crippen LogP contribution in [0, 0.1) is 0 Å². The highest BCUT2D eigenvalue weighted by molar-refractivity contribution is 5.82. The number of hydrogen-bond donors (Lipinski definition) is 0. The Morgan fingerprint density at radius 2 is 2.00 bits per heavy atom. The molecule has 0 saturated carbocycles. The lowest BCUT2D eigenvalue weighted by Crippen LogP contribution is -2.26. The van der Waals surface area contributed by atoms with Crippen molar-refractivity contribution >= 4 is 18.2 Å². The van der Waals surface area contributed by atoms with Gasteiger partial charge in [0, 0.05) is 12.5 Å². The fraction of sp³-hybridized carbons (Fsp3) is 0.583.